The predicted octanol–water partition coefficient (Wildman–Crippen LogP) is 4.10. The number of aromatic nitrogens is 2. The molecule has 1 aromatic heterocycles. The number of nitrogens with one attached hydrogen (secondary N) is 1. The van der Waals surface area contributed by atoms with Crippen LogP contribution in [0.25, 0.3) is 0 Å². The van der Waals surface area contributed by atoms with E-state index in [4.69, 9.17) is 16.3 Å². The molecule has 7 heteroatoms. The fraction of sp³-hybridized carbons (Fsp3) is 0.438. The molecular weight excluding hydrogens is 334 g/mol. The van der Waals surface area contributed by atoms with E-state index in [-0.39, 0.29) is 11.3 Å². The number of benzene rings is 1. The lowest BCUT2D eigenvalue weighted by molar-refractivity contribution is 0.102. The van der Waals surface area contributed by atoms with Gasteiger partial charge in [0, 0.05) is 16.9 Å². The number of anilines is 1. The Balaban J connectivity index is 2.10. The van der Waals surface area contributed by atoms with E-state index in [9.17, 15) is 4.79 Å². The van der Waals surface area contributed by atoms with Crippen molar-refractivity contribution in [1.29, 1.82) is 0 Å². The van der Waals surface area contributed by atoms with E-state index in [1.54, 1.807) is 31.4 Å². The van der Waals surface area contributed by atoms with Crippen LogP contribution in [0, 0.1) is 0 Å². The van der Waals surface area contributed by atoms with Crippen LogP contribution in [0.4, 0.5) is 5.13 Å². The monoisotopic (exact) mass is 353 g/mol. The van der Waals surface area contributed by atoms with Gasteiger partial charge in [-0.3, -0.25) is 10.1 Å². The number of carbonyl (C=O) groups is 1. The molecule has 1 unspecified atom stereocenters. The second kappa shape index (κ2) is 7.75. The summed E-state index contributed by atoms with van der Waals surface area (Å²) in [5, 5.41) is 12.5. The quantitative estimate of drug-likeness (QED) is 0.761. The Morgan fingerprint density at radius 1 is 1.35 bits per heavy atom. The van der Waals surface area contributed by atoms with Gasteiger partial charge in [-0.05, 0) is 37.1 Å². The molecule has 2 aromatic rings. The molecule has 124 valence electrons. The first kappa shape index (κ1) is 17.7. The average molecular weight is 354 g/mol. The van der Waals surface area contributed by atoms with Crippen molar-refractivity contribution in [3.63, 3.8) is 0 Å². The highest BCUT2D eigenvalue weighted by molar-refractivity contribution is 7.15. The smallest absolute Gasteiger partial charge is 0.257 e. The van der Waals surface area contributed by atoms with Crippen LogP contribution in [-0.2, 0) is 5.41 Å². The number of methoxy groups -OCH3 is 1. The summed E-state index contributed by atoms with van der Waals surface area (Å²) in [5.74, 6) is 1.06. The van der Waals surface area contributed by atoms with E-state index >= 15 is 0 Å². The van der Waals surface area contributed by atoms with Gasteiger partial charge in [0.15, 0.2) is 0 Å². The number of ether oxygens (including phenoxy) is 1. The molecule has 0 aliphatic rings. The number of nitrogens with zero attached hydrogens (tertiary/aromatic N) is 2. The topological polar surface area (TPSA) is 64.1 Å². The summed E-state index contributed by atoms with van der Waals surface area (Å²) in [6.45, 7) is 4.22. The maximum Gasteiger partial charge on any atom is 0.257 e. The van der Waals surface area contributed by atoms with Crippen LogP contribution in [0.1, 0.15) is 42.1 Å². The minimum absolute atomic E-state index is 0.109. The molecule has 0 saturated heterocycles. The van der Waals surface area contributed by atoms with Crippen molar-refractivity contribution in [3.8, 4) is 5.75 Å². The Kier molecular flexibility index (Phi) is 5.96. The molecule has 0 spiro atoms. The zero-order valence-corrected chi connectivity index (χ0v) is 15.0. The van der Waals surface area contributed by atoms with Crippen molar-refractivity contribution < 1.29 is 9.53 Å². The van der Waals surface area contributed by atoms with Gasteiger partial charge in [-0.25, -0.2) is 0 Å². The highest BCUT2D eigenvalue weighted by Crippen LogP contribution is 2.35. The number of hydrogen-bond acceptors (Lipinski definition) is 5. The Hall–Kier alpha value is -1.66. The molecule has 1 heterocycles. The Labute approximate surface area is 145 Å². The summed E-state index contributed by atoms with van der Waals surface area (Å²) in [6, 6.07) is 6.91. The fourth-order valence-electron chi connectivity index (χ4n) is 2.07. The van der Waals surface area contributed by atoms with Gasteiger partial charge < -0.3 is 4.74 Å². The molecule has 0 fully saturated rings. The first-order chi connectivity index (χ1) is 11.0. The number of hydrogen-bond donors (Lipinski definition) is 1. The van der Waals surface area contributed by atoms with Crippen LogP contribution in [-0.4, -0.2) is 29.1 Å². The number of amides is 1. The maximum absolute atomic E-state index is 12.2. The molecular formula is C16H20ClN3O2S. The highest BCUT2D eigenvalue weighted by atomic mass is 35.5. The number of halogens is 1. The normalized spacial score (nSPS) is 13.4. The summed E-state index contributed by atoms with van der Waals surface area (Å²) in [6.07, 6.45) is 1.74. The fourth-order valence-corrected chi connectivity index (χ4v) is 3.47. The van der Waals surface area contributed by atoms with Crippen molar-refractivity contribution >= 4 is 34.0 Å². The summed E-state index contributed by atoms with van der Waals surface area (Å²) in [4.78, 5) is 12.2. The molecule has 0 aliphatic heterocycles. The molecule has 0 radical (unpaired) electrons. The van der Waals surface area contributed by atoms with Crippen LogP contribution < -0.4 is 10.1 Å². The maximum atomic E-state index is 12.2. The van der Waals surface area contributed by atoms with E-state index in [1.165, 1.54) is 11.3 Å². The summed E-state index contributed by atoms with van der Waals surface area (Å²) < 4.78 is 5.08. The summed E-state index contributed by atoms with van der Waals surface area (Å²) >= 11 is 7.28. The lowest BCUT2D eigenvalue weighted by Crippen LogP contribution is -2.21. The summed E-state index contributed by atoms with van der Waals surface area (Å²) in [7, 11) is 1.59. The molecule has 1 aromatic carbocycles. The second-order valence-corrected chi connectivity index (χ2v) is 6.80. The number of carbonyl (C=O) groups excluding carboxylic acids is 1. The minimum Gasteiger partial charge on any atom is -0.497 e. The Morgan fingerprint density at radius 3 is 2.61 bits per heavy atom. The molecule has 23 heavy (non-hydrogen) atoms. The lowest BCUT2D eigenvalue weighted by Gasteiger charge is -2.23. The summed E-state index contributed by atoms with van der Waals surface area (Å²) in [5.41, 5.74) is 0.434. The Morgan fingerprint density at radius 2 is 2.04 bits per heavy atom. The van der Waals surface area contributed by atoms with E-state index < -0.39 is 0 Å². The predicted molar refractivity (Wildman–Crippen MR) is 93.8 cm³/mol. The molecule has 2 rings (SSSR count). The molecule has 0 bridgehead atoms. The molecule has 1 atom stereocenters. The molecule has 1 amide bonds. The van der Waals surface area contributed by atoms with Crippen molar-refractivity contribution in [2.24, 2.45) is 0 Å². The van der Waals surface area contributed by atoms with Crippen molar-refractivity contribution in [1.82, 2.24) is 10.2 Å². The van der Waals surface area contributed by atoms with E-state index in [2.05, 4.69) is 29.4 Å². The SMILES string of the molecule is CCC(C)(CCCl)c1nnc(NC(=O)c2ccc(OC)cc2)s1. The van der Waals surface area contributed by atoms with Crippen LogP contribution in [0.3, 0.4) is 0 Å². The molecule has 5 nitrogen and oxygen atoms in total. The number of rotatable bonds is 7. The minimum atomic E-state index is -0.217. The van der Waals surface area contributed by atoms with E-state index in [0.717, 1.165) is 17.8 Å². The van der Waals surface area contributed by atoms with Gasteiger partial charge in [-0.15, -0.1) is 21.8 Å². The van der Waals surface area contributed by atoms with Gasteiger partial charge in [0.25, 0.3) is 5.91 Å². The standard InChI is InChI=1S/C16H20ClN3O2S/c1-4-16(2,9-10-17)14-19-20-15(23-14)18-13(21)11-5-7-12(22-3)8-6-11/h5-8H,4,9-10H2,1-3H3,(H,18,20,21). The highest BCUT2D eigenvalue weighted by Gasteiger charge is 2.28. The van der Waals surface area contributed by atoms with E-state index in [1.807, 2.05) is 0 Å². The first-order valence-electron chi connectivity index (χ1n) is 7.37. The molecule has 0 aliphatic carbocycles. The van der Waals surface area contributed by atoms with E-state index in [0.29, 0.717) is 22.3 Å². The third kappa shape index (κ3) is 4.20. The second-order valence-electron chi connectivity index (χ2n) is 5.45. The first-order valence-corrected chi connectivity index (χ1v) is 8.73. The average Bonchev–Trinajstić information content (AvgIpc) is 3.04. The molecule has 1 N–H and O–H groups in total. The van der Waals surface area contributed by atoms with Crippen molar-refractivity contribution in [2.45, 2.75) is 32.1 Å². The van der Waals surface area contributed by atoms with Gasteiger partial charge in [-0.1, -0.05) is 25.2 Å². The lowest BCUT2D eigenvalue weighted by atomic mass is 9.85. The van der Waals surface area contributed by atoms with Crippen LogP contribution >= 0.6 is 22.9 Å². The third-order valence-corrected chi connectivity index (χ3v) is 5.27. The van der Waals surface area contributed by atoms with Crippen LogP contribution in [0.2, 0.25) is 0 Å². The Bertz CT molecular complexity index is 660. The molecule has 0 saturated carbocycles. The van der Waals surface area contributed by atoms with Gasteiger partial charge >= 0.3 is 0 Å². The number of alkyl halides is 1. The third-order valence-electron chi connectivity index (χ3n) is 3.94. The van der Waals surface area contributed by atoms with Crippen LogP contribution in [0.5, 0.6) is 5.75 Å². The zero-order valence-electron chi connectivity index (χ0n) is 13.4. The van der Waals surface area contributed by atoms with Gasteiger partial charge in [-0.2, -0.15) is 0 Å². The zero-order chi connectivity index (χ0) is 16.9. The van der Waals surface area contributed by atoms with Crippen LogP contribution in [0.15, 0.2) is 24.3 Å². The van der Waals surface area contributed by atoms with Crippen molar-refractivity contribution in [2.75, 3.05) is 18.3 Å². The van der Waals surface area contributed by atoms with Gasteiger partial charge in [0.2, 0.25) is 5.13 Å². The van der Waals surface area contributed by atoms with Gasteiger partial charge in [0.1, 0.15) is 10.8 Å². The largest absolute Gasteiger partial charge is 0.497 e. The van der Waals surface area contributed by atoms with Gasteiger partial charge in [0.05, 0.1) is 7.11 Å². The van der Waals surface area contributed by atoms with Crippen molar-refractivity contribution in [3.05, 3.63) is 34.8 Å².